The summed E-state index contributed by atoms with van der Waals surface area (Å²) >= 11 is 0. The van der Waals surface area contributed by atoms with Crippen molar-refractivity contribution in [2.45, 2.75) is 31.2 Å². The minimum absolute atomic E-state index is 0.0740. The van der Waals surface area contributed by atoms with Crippen LogP contribution in [0.15, 0.2) is 47.6 Å². The average Bonchev–Trinajstić information content (AvgIpc) is 2.61. The van der Waals surface area contributed by atoms with Crippen LogP contribution in [0, 0.1) is 0 Å². The summed E-state index contributed by atoms with van der Waals surface area (Å²) in [4.78, 5) is 3.90. The average molecular weight is 396 g/mol. The molecule has 0 saturated carbocycles. The molecule has 1 aromatic heterocycles. The summed E-state index contributed by atoms with van der Waals surface area (Å²) in [6, 6.07) is 8.27. The molecule has 1 aliphatic rings. The number of pyridine rings is 1. The number of rotatable bonds is 6. The molecule has 0 bridgehead atoms. The molecule has 1 aliphatic heterocycles. The molecule has 0 aliphatic carbocycles. The molecule has 3 rings (SSSR count). The van der Waals surface area contributed by atoms with Crippen molar-refractivity contribution < 1.29 is 16.8 Å². The summed E-state index contributed by atoms with van der Waals surface area (Å²) in [5, 5.41) is 0. The monoisotopic (exact) mass is 395 g/mol. The minimum atomic E-state index is -3.73. The Kier molecular flexibility index (Phi) is 5.31. The molecule has 0 atom stereocenters. The summed E-state index contributed by atoms with van der Waals surface area (Å²) < 4.78 is 53.4. The molecule has 140 valence electrons. The van der Waals surface area contributed by atoms with Gasteiger partial charge in [0, 0.05) is 31.2 Å². The summed E-state index contributed by atoms with van der Waals surface area (Å²) in [7, 11) is -7.02. The summed E-state index contributed by atoms with van der Waals surface area (Å²) in [6.07, 6.45) is 3.97. The van der Waals surface area contributed by atoms with Crippen LogP contribution in [-0.4, -0.2) is 38.4 Å². The third-order valence-electron chi connectivity index (χ3n) is 4.24. The van der Waals surface area contributed by atoms with Crippen LogP contribution >= 0.6 is 0 Å². The molecule has 0 unspecified atom stereocenters. The van der Waals surface area contributed by atoms with E-state index in [0.29, 0.717) is 25.1 Å². The molecular formula is C17H21N3O4S2. The van der Waals surface area contributed by atoms with Gasteiger partial charge < -0.3 is 0 Å². The summed E-state index contributed by atoms with van der Waals surface area (Å²) in [5.41, 5.74) is 2.27. The Hall–Kier alpha value is -1.97. The van der Waals surface area contributed by atoms with Gasteiger partial charge in [0.05, 0.1) is 5.75 Å². The predicted octanol–water partition coefficient (Wildman–Crippen LogP) is 1.98. The van der Waals surface area contributed by atoms with E-state index in [9.17, 15) is 16.8 Å². The number of anilines is 1. The zero-order valence-electron chi connectivity index (χ0n) is 14.4. The SMILES string of the molecule is CCCS(=O)(=O)N1CCc2ccc(NS(=O)(=O)c3cccnc3)cc2C1. The number of aromatic nitrogens is 1. The maximum atomic E-state index is 12.4. The lowest BCUT2D eigenvalue weighted by atomic mass is 10.0. The van der Waals surface area contributed by atoms with Crippen LogP contribution in [0.2, 0.25) is 0 Å². The van der Waals surface area contributed by atoms with Gasteiger partial charge in [0.2, 0.25) is 10.0 Å². The van der Waals surface area contributed by atoms with Crippen LogP contribution in [-0.2, 0) is 33.0 Å². The molecule has 26 heavy (non-hydrogen) atoms. The van der Waals surface area contributed by atoms with Crippen LogP contribution < -0.4 is 4.72 Å². The van der Waals surface area contributed by atoms with E-state index < -0.39 is 20.0 Å². The van der Waals surface area contributed by atoms with Crippen molar-refractivity contribution >= 4 is 25.7 Å². The van der Waals surface area contributed by atoms with Crippen molar-refractivity contribution in [1.29, 1.82) is 0 Å². The molecule has 7 nitrogen and oxygen atoms in total. The van der Waals surface area contributed by atoms with E-state index in [1.165, 1.54) is 22.8 Å². The highest BCUT2D eigenvalue weighted by atomic mass is 32.2. The van der Waals surface area contributed by atoms with E-state index in [4.69, 9.17) is 0 Å². The minimum Gasteiger partial charge on any atom is -0.280 e. The molecule has 9 heteroatoms. The third-order valence-corrected chi connectivity index (χ3v) is 7.63. The zero-order valence-corrected chi connectivity index (χ0v) is 16.1. The number of benzene rings is 1. The smallest absolute Gasteiger partial charge is 0.263 e. The van der Waals surface area contributed by atoms with E-state index in [-0.39, 0.29) is 17.2 Å². The molecule has 1 N–H and O–H groups in total. The Morgan fingerprint density at radius 3 is 2.65 bits per heavy atom. The number of nitrogens with one attached hydrogen (secondary N) is 1. The first kappa shape index (κ1) is 18.8. The Balaban J connectivity index is 1.83. The summed E-state index contributed by atoms with van der Waals surface area (Å²) in [6.45, 7) is 2.55. The van der Waals surface area contributed by atoms with Crippen LogP contribution in [0.4, 0.5) is 5.69 Å². The van der Waals surface area contributed by atoms with Gasteiger partial charge in [0.15, 0.2) is 0 Å². The van der Waals surface area contributed by atoms with Gasteiger partial charge in [-0.2, -0.15) is 4.31 Å². The molecule has 2 aromatic rings. The number of hydrogen-bond donors (Lipinski definition) is 1. The number of fused-ring (bicyclic) bond motifs is 1. The van der Waals surface area contributed by atoms with Crippen LogP contribution in [0.3, 0.4) is 0 Å². The normalized spacial score (nSPS) is 15.4. The van der Waals surface area contributed by atoms with Gasteiger partial charge >= 0.3 is 0 Å². The Morgan fingerprint density at radius 2 is 1.96 bits per heavy atom. The van der Waals surface area contributed by atoms with Gasteiger partial charge in [0.25, 0.3) is 10.0 Å². The van der Waals surface area contributed by atoms with E-state index in [1.54, 1.807) is 18.2 Å². The predicted molar refractivity (Wildman–Crippen MR) is 99.7 cm³/mol. The van der Waals surface area contributed by atoms with E-state index in [0.717, 1.165) is 11.1 Å². The Bertz CT molecular complexity index is 990. The van der Waals surface area contributed by atoms with E-state index in [1.807, 2.05) is 13.0 Å². The molecule has 0 radical (unpaired) electrons. The van der Waals surface area contributed by atoms with Gasteiger partial charge in [0.1, 0.15) is 4.90 Å². The van der Waals surface area contributed by atoms with Crippen LogP contribution in [0.1, 0.15) is 24.5 Å². The highest BCUT2D eigenvalue weighted by Crippen LogP contribution is 2.26. The topological polar surface area (TPSA) is 96.4 Å². The van der Waals surface area contributed by atoms with Gasteiger partial charge in [-0.15, -0.1) is 0 Å². The van der Waals surface area contributed by atoms with Crippen LogP contribution in [0.5, 0.6) is 0 Å². The zero-order chi connectivity index (χ0) is 18.8. The number of nitrogens with zero attached hydrogens (tertiary/aromatic N) is 2. The molecule has 0 amide bonds. The highest BCUT2D eigenvalue weighted by Gasteiger charge is 2.26. The maximum Gasteiger partial charge on any atom is 0.263 e. The molecule has 0 fully saturated rings. The Morgan fingerprint density at radius 1 is 1.15 bits per heavy atom. The van der Waals surface area contributed by atoms with Crippen molar-refractivity contribution in [1.82, 2.24) is 9.29 Å². The molecule has 1 aromatic carbocycles. The van der Waals surface area contributed by atoms with E-state index >= 15 is 0 Å². The second kappa shape index (κ2) is 7.34. The van der Waals surface area contributed by atoms with Gasteiger partial charge in [-0.25, -0.2) is 16.8 Å². The number of hydrogen-bond acceptors (Lipinski definition) is 5. The first-order chi connectivity index (χ1) is 12.3. The summed E-state index contributed by atoms with van der Waals surface area (Å²) in [5.74, 6) is 0.121. The first-order valence-electron chi connectivity index (χ1n) is 8.34. The number of sulfonamides is 2. The maximum absolute atomic E-state index is 12.4. The Labute approximate surface area is 154 Å². The quantitative estimate of drug-likeness (QED) is 0.807. The van der Waals surface area contributed by atoms with Crippen molar-refractivity contribution in [2.75, 3.05) is 17.0 Å². The van der Waals surface area contributed by atoms with Crippen molar-refractivity contribution in [3.63, 3.8) is 0 Å². The lowest BCUT2D eigenvalue weighted by molar-refractivity contribution is 0.391. The lowest BCUT2D eigenvalue weighted by Gasteiger charge is -2.28. The lowest BCUT2D eigenvalue weighted by Crippen LogP contribution is -2.37. The molecule has 0 spiro atoms. The second-order valence-corrected chi connectivity index (χ2v) is 9.95. The third kappa shape index (κ3) is 4.05. The highest BCUT2D eigenvalue weighted by molar-refractivity contribution is 7.92. The second-order valence-electron chi connectivity index (χ2n) is 6.18. The van der Waals surface area contributed by atoms with Crippen molar-refractivity contribution in [2.24, 2.45) is 0 Å². The fourth-order valence-electron chi connectivity index (χ4n) is 2.94. The molecule has 2 heterocycles. The largest absolute Gasteiger partial charge is 0.280 e. The molecule has 0 saturated heterocycles. The fraction of sp³-hybridized carbons (Fsp3) is 0.353. The van der Waals surface area contributed by atoms with E-state index in [2.05, 4.69) is 9.71 Å². The fourth-order valence-corrected chi connectivity index (χ4v) is 5.43. The van der Waals surface area contributed by atoms with Gasteiger partial charge in [-0.3, -0.25) is 9.71 Å². The van der Waals surface area contributed by atoms with Gasteiger partial charge in [-0.05, 0) is 48.2 Å². The van der Waals surface area contributed by atoms with Gasteiger partial charge in [-0.1, -0.05) is 13.0 Å². The van der Waals surface area contributed by atoms with Crippen molar-refractivity contribution in [3.05, 3.63) is 53.9 Å². The van der Waals surface area contributed by atoms with Crippen LogP contribution in [0.25, 0.3) is 0 Å². The standard InChI is InChI=1S/C17H21N3O4S2/c1-2-10-25(21,22)20-9-7-14-5-6-16(11-15(14)13-20)19-26(23,24)17-4-3-8-18-12-17/h3-6,8,11-12,19H,2,7,9-10,13H2,1H3. The van der Waals surface area contributed by atoms with Crippen molar-refractivity contribution in [3.8, 4) is 0 Å². The molecular weight excluding hydrogens is 374 g/mol. The first-order valence-corrected chi connectivity index (χ1v) is 11.4.